The molecule has 1 fully saturated rings. The van der Waals surface area contributed by atoms with Crippen molar-refractivity contribution in [3.8, 4) is 0 Å². The number of Topliss-reactive ketones (excluding diaryl/α,β-unsaturated/α-hetero) is 1. The van der Waals surface area contributed by atoms with Crippen LogP contribution < -0.4 is 10.6 Å². The van der Waals surface area contributed by atoms with Crippen LogP contribution in [0, 0.1) is 0 Å². The van der Waals surface area contributed by atoms with E-state index in [0.717, 1.165) is 19.4 Å². The second kappa shape index (κ2) is 4.33. The zero-order valence-electron chi connectivity index (χ0n) is 7.17. The summed E-state index contributed by atoms with van der Waals surface area (Å²) < 4.78 is 0. The molecule has 2 unspecified atom stereocenters. The monoisotopic (exact) mass is 170 g/mol. The van der Waals surface area contributed by atoms with Gasteiger partial charge in [0.25, 0.3) is 0 Å². The molecule has 1 heterocycles. The quantitative estimate of drug-likeness (QED) is 0.425. The van der Waals surface area contributed by atoms with Crippen molar-refractivity contribution < 1.29 is 9.59 Å². The van der Waals surface area contributed by atoms with E-state index < -0.39 is 0 Å². The number of aldehydes is 1. The Kier molecular flexibility index (Phi) is 3.37. The Hall–Kier alpha value is -0.740. The molecular formula is C8H14N2O2. The van der Waals surface area contributed by atoms with Gasteiger partial charge in [0, 0.05) is 12.6 Å². The van der Waals surface area contributed by atoms with E-state index in [9.17, 15) is 9.59 Å². The minimum atomic E-state index is -0.329. The fraction of sp³-hybridized carbons (Fsp3) is 0.750. The average molecular weight is 170 g/mol. The Morgan fingerprint density at radius 1 is 1.58 bits per heavy atom. The second-order valence-corrected chi connectivity index (χ2v) is 3.04. The van der Waals surface area contributed by atoms with E-state index >= 15 is 0 Å². The molecule has 1 aliphatic heterocycles. The van der Waals surface area contributed by atoms with Crippen LogP contribution >= 0.6 is 0 Å². The van der Waals surface area contributed by atoms with Crippen molar-refractivity contribution in [1.29, 1.82) is 0 Å². The highest BCUT2D eigenvalue weighted by molar-refractivity contribution is 6.27. The van der Waals surface area contributed by atoms with Gasteiger partial charge in [0.05, 0.1) is 6.04 Å². The summed E-state index contributed by atoms with van der Waals surface area (Å²) in [5.41, 5.74) is 0. The van der Waals surface area contributed by atoms with Gasteiger partial charge in [-0.3, -0.25) is 9.59 Å². The predicted molar refractivity (Wildman–Crippen MR) is 44.9 cm³/mol. The van der Waals surface area contributed by atoms with E-state index in [2.05, 4.69) is 10.6 Å². The van der Waals surface area contributed by atoms with E-state index in [-0.39, 0.29) is 11.8 Å². The van der Waals surface area contributed by atoms with E-state index in [1.165, 1.54) is 0 Å². The average Bonchev–Trinajstić information content (AvgIpc) is 2.17. The lowest BCUT2D eigenvalue weighted by atomic mass is 9.98. The highest BCUT2D eigenvalue weighted by atomic mass is 16.2. The van der Waals surface area contributed by atoms with Gasteiger partial charge in [-0.15, -0.1) is 0 Å². The maximum absolute atomic E-state index is 10.9. The molecule has 0 saturated carbocycles. The number of hydrogen-bond acceptors (Lipinski definition) is 4. The first-order valence-corrected chi connectivity index (χ1v) is 4.17. The molecule has 0 bridgehead atoms. The number of ketones is 1. The largest absolute Gasteiger partial charge is 0.316 e. The molecular weight excluding hydrogens is 156 g/mol. The predicted octanol–water partition coefficient (Wildman–Crippen LogP) is -0.906. The van der Waals surface area contributed by atoms with Crippen LogP contribution in [0.5, 0.6) is 0 Å². The summed E-state index contributed by atoms with van der Waals surface area (Å²) >= 11 is 0. The van der Waals surface area contributed by atoms with Crippen molar-refractivity contribution in [3.05, 3.63) is 0 Å². The highest BCUT2D eigenvalue weighted by Crippen LogP contribution is 2.07. The van der Waals surface area contributed by atoms with E-state index in [4.69, 9.17) is 0 Å². The lowest BCUT2D eigenvalue weighted by Gasteiger charge is -2.27. The Morgan fingerprint density at radius 2 is 2.33 bits per heavy atom. The maximum Gasteiger partial charge on any atom is 0.212 e. The molecule has 0 aliphatic carbocycles. The Bertz CT molecular complexity index is 174. The molecule has 1 aliphatic rings. The zero-order valence-corrected chi connectivity index (χ0v) is 7.17. The minimum Gasteiger partial charge on any atom is -0.316 e. The standard InChI is InChI=1S/C8H14N2O2/c1-9-6-2-3-7(10-4-6)8(12)5-11/h5-7,9-10H,2-4H2,1H3. The van der Waals surface area contributed by atoms with Crippen molar-refractivity contribution in [2.45, 2.75) is 24.9 Å². The lowest BCUT2D eigenvalue weighted by Crippen LogP contribution is -2.50. The molecule has 68 valence electrons. The third-order valence-electron chi connectivity index (χ3n) is 2.28. The van der Waals surface area contributed by atoms with Crippen LogP contribution in [-0.4, -0.2) is 37.7 Å². The Balaban J connectivity index is 2.35. The summed E-state index contributed by atoms with van der Waals surface area (Å²) in [6, 6.07) is 0.188. The summed E-state index contributed by atoms with van der Waals surface area (Å²) in [6.45, 7) is 0.765. The topological polar surface area (TPSA) is 58.2 Å². The van der Waals surface area contributed by atoms with Crippen LogP contribution in [0.25, 0.3) is 0 Å². The minimum absolute atomic E-state index is 0.243. The third-order valence-corrected chi connectivity index (χ3v) is 2.28. The molecule has 12 heavy (non-hydrogen) atoms. The van der Waals surface area contributed by atoms with Crippen LogP contribution in [-0.2, 0) is 9.59 Å². The number of rotatable bonds is 3. The van der Waals surface area contributed by atoms with Crippen molar-refractivity contribution in [2.24, 2.45) is 0 Å². The normalized spacial score (nSPS) is 29.8. The molecule has 1 saturated heterocycles. The number of piperidine rings is 1. The van der Waals surface area contributed by atoms with Crippen molar-refractivity contribution >= 4 is 12.1 Å². The summed E-state index contributed by atoms with van der Waals surface area (Å²) in [6.07, 6.45) is 2.11. The fourth-order valence-electron chi connectivity index (χ4n) is 1.43. The van der Waals surface area contributed by atoms with Crippen molar-refractivity contribution in [2.75, 3.05) is 13.6 Å². The van der Waals surface area contributed by atoms with Gasteiger partial charge in [-0.25, -0.2) is 0 Å². The van der Waals surface area contributed by atoms with Crippen LogP contribution in [0.1, 0.15) is 12.8 Å². The van der Waals surface area contributed by atoms with Gasteiger partial charge in [0.2, 0.25) is 5.78 Å². The highest BCUT2D eigenvalue weighted by Gasteiger charge is 2.23. The maximum atomic E-state index is 10.9. The molecule has 0 spiro atoms. The van der Waals surface area contributed by atoms with Crippen molar-refractivity contribution in [1.82, 2.24) is 10.6 Å². The fourth-order valence-corrected chi connectivity index (χ4v) is 1.43. The Morgan fingerprint density at radius 3 is 2.75 bits per heavy atom. The van der Waals surface area contributed by atoms with Gasteiger partial charge >= 0.3 is 0 Å². The van der Waals surface area contributed by atoms with Gasteiger partial charge in [-0.05, 0) is 19.9 Å². The SMILES string of the molecule is CNC1CCC(C(=O)C=O)NC1. The molecule has 4 nitrogen and oxygen atoms in total. The first-order valence-electron chi connectivity index (χ1n) is 4.17. The van der Waals surface area contributed by atoms with Crippen molar-refractivity contribution in [3.63, 3.8) is 0 Å². The molecule has 0 radical (unpaired) electrons. The second-order valence-electron chi connectivity index (χ2n) is 3.04. The molecule has 0 aromatic rings. The first-order chi connectivity index (χ1) is 5.77. The zero-order chi connectivity index (χ0) is 8.97. The van der Waals surface area contributed by atoms with E-state index in [1.807, 2.05) is 7.05 Å². The smallest absolute Gasteiger partial charge is 0.212 e. The number of hydrogen-bond donors (Lipinski definition) is 2. The van der Waals surface area contributed by atoms with Crippen LogP contribution in [0.3, 0.4) is 0 Å². The number of carbonyl (C=O) groups excluding carboxylic acids is 2. The molecule has 4 heteroatoms. The van der Waals surface area contributed by atoms with Gasteiger partial charge in [-0.1, -0.05) is 0 Å². The number of carbonyl (C=O) groups is 2. The van der Waals surface area contributed by atoms with E-state index in [1.54, 1.807) is 0 Å². The number of likely N-dealkylation sites (N-methyl/N-ethyl adjacent to an activating group) is 1. The summed E-state index contributed by atoms with van der Waals surface area (Å²) in [5.74, 6) is -0.329. The summed E-state index contributed by atoms with van der Waals surface area (Å²) in [5, 5.41) is 6.15. The van der Waals surface area contributed by atoms with Crippen LogP contribution in [0.15, 0.2) is 0 Å². The number of nitrogens with one attached hydrogen (secondary N) is 2. The molecule has 1 rings (SSSR count). The molecule has 0 aromatic carbocycles. The van der Waals surface area contributed by atoms with Crippen LogP contribution in [0.2, 0.25) is 0 Å². The molecule has 0 aromatic heterocycles. The van der Waals surface area contributed by atoms with Gasteiger partial charge < -0.3 is 10.6 Å². The van der Waals surface area contributed by atoms with Gasteiger partial charge in [-0.2, -0.15) is 0 Å². The van der Waals surface area contributed by atoms with Gasteiger partial charge in [0.1, 0.15) is 0 Å². The molecule has 2 atom stereocenters. The summed E-state index contributed by atoms with van der Waals surface area (Å²) in [4.78, 5) is 21.1. The summed E-state index contributed by atoms with van der Waals surface area (Å²) in [7, 11) is 1.90. The first kappa shape index (κ1) is 9.35. The van der Waals surface area contributed by atoms with Gasteiger partial charge in [0.15, 0.2) is 6.29 Å². The third kappa shape index (κ3) is 2.12. The Labute approximate surface area is 71.7 Å². The van der Waals surface area contributed by atoms with Crippen LogP contribution in [0.4, 0.5) is 0 Å². The lowest BCUT2D eigenvalue weighted by molar-refractivity contribution is -0.131. The molecule has 2 N–H and O–H groups in total. The van der Waals surface area contributed by atoms with E-state index in [0.29, 0.717) is 12.3 Å². The molecule has 0 amide bonds.